The lowest BCUT2D eigenvalue weighted by Gasteiger charge is -2.17. The summed E-state index contributed by atoms with van der Waals surface area (Å²) in [6, 6.07) is 9.36. The number of aliphatic hydroxyl groups is 1. The monoisotopic (exact) mass is 344 g/mol. The second-order valence-corrected chi connectivity index (χ2v) is 5.21. The molecule has 2 aromatic carbocycles. The van der Waals surface area contributed by atoms with Crippen LogP contribution in [0.2, 0.25) is 5.02 Å². The van der Waals surface area contributed by atoms with E-state index in [1.54, 1.807) is 30.3 Å². The van der Waals surface area contributed by atoms with Crippen molar-refractivity contribution in [1.29, 1.82) is 0 Å². The molecule has 0 fully saturated rings. The van der Waals surface area contributed by atoms with Gasteiger partial charge in [0.05, 0.1) is 7.11 Å². The van der Waals surface area contributed by atoms with Gasteiger partial charge in [0, 0.05) is 20.6 Å². The summed E-state index contributed by atoms with van der Waals surface area (Å²) in [7, 11) is 1.48. The predicted molar refractivity (Wildman–Crippen MR) is 76.2 cm³/mol. The van der Waals surface area contributed by atoms with Gasteiger partial charge in [-0.2, -0.15) is 0 Å². The van der Waals surface area contributed by atoms with Crippen LogP contribution in [0.5, 0.6) is 5.75 Å². The molecule has 1 N–H and O–H groups in total. The van der Waals surface area contributed by atoms with E-state index in [0.717, 1.165) is 0 Å². The summed E-state index contributed by atoms with van der Waals surface area (Å²) in [5.41, 5.74) is 0.573. The summed E-state index contributed by atoms with van der Waals surface area (Å²) in [5.74, 6) is -0.0454. The standard InChI is InChI=1S/C14H11BrClFO2/c1-19-12-6-5-8(16)7-9(12)14(18)13-10(15)3-2-4-11(13)17/h2-7,14,18H,1H3. The molecular formula is C14H11BrClFO2. The quantitative estimate of drug-likeness (QED) is 0.897. The molecule has 5 heteroatoms. The molecule has 0 heterocycles. The molecule has 2 aromatic rings. The van der Waals surface area contributed by atoms with E-state index < -0.39 is 11.9 Å². The van der Waals surface area contributed by atoms with Gasteiger partial charge < -0.3 is 9.84 Å². The second kappa shape index (κ2) is 5.90. The van der Waals surface area contributed by atoms with Crippen molar-refractivity contribution in [3.63, 3.8) is 0 Å². The maximum atomic E-state index is 13.9. The molecule has 0 amide bonds. The van der Waals surface area contributed by atoms with E-state index in [0.29, 0.717) is 20.8 Å². The van der Waals surface area contributed by atoms with Crippen LogP contribution in [-0.2, 0) is 0 Å². The topological polar surface area (TPSA) is 29.5 Å². The number of hydrogen-bond acceptors (Lipinski definition) is 2. The van der Waals surface area contributed by atoms with E-state index >= 15 is 0 Å². The summed E-state index contributed by atoms with van der Waals surface area (Å²) < 4.78 is 19.5. The van der Waals surface area contributed by atoms with Gasteiger partial charge in [0.25, 0.3) is 0 Å². The van der Waals surface area contributed by atoms with Crippen molar-refractivity contribution in [1.82, 2.24) is 0 Å². The van der Waals surface area contributed by atoms with E-state index in [1.807, 2.05) is 0 Å². The third-order valence-electron chi connectivity index (χ3n) is 2.76. The molecular weight excluding hydrogens is 335 g/mol. The number of aliphatic hydroxyl groups excluding tert-OH is 1. The highest BCUT2D eigenvalue weighted by atomic mass is 79.9. The smallest absolute Gasteiger partial charge is 0.130 e. The van der Waals surface area contributed by atoms with Crippen LogP contribution in [-0.4, -0.2) is 12.2 Å². The fourth-order valence-corrected chi connectivity index (χ4v) is 2.59. The lowest BCUT2D eigenvalue weighted by Crippen LogP contribution is -2.05. The summed E-state index contributed by atoms with van der Waals surface area (Å²) >= 11 is 9.15. The van der Waals surface area contributed by atoms with Gasteiger partial charge >= 0.3 is 0 Å². The number of ether oxygens (including phenoxy) is 1. The Hall–Kier alpha value is -1.10. The molecule has 2 rings (SSSR count). The van der Waals surface area contributed by atoms with Gasteiger partial charge in [-0.15, -0.1) is 0 Å². The molecule has 0 radical (unpaired) electrons. The Bertz CT molecular complexity index is 584. The van der Waals surface area contributed by atoms with Gasteiger partial charge in [0.2, 0.25) is 0 Å². The van der Waals surface area contributed by atoms with E-state index in [4.69, 9.17) is 16.3 Å². The minimum atomic E-state index is -1.16. The summed E-state index contributed by atoms with van der Waals surface area (Å²) in [5, 5.41) is 10.8. The average molecular weight is 346 g/mol. The highest BCUT2D eigenvalue weighted by molar-refractivity contribution is 9.10. The maximum absolute atomic E-state index is 13.9. The molecule has 100 valence electrons. The van der Waals surface area contributed by atoms with E-state index in [1.165, 1.54) is 13.2 Å². The molecule has 0 aliphatic carbocycles. The molecule has 0 aliphatic heterocycles. The minimum Gasteiger partial charge on any atom is -0.496 e. The molecule has 2 nitrogen and oxygen atoms in total. The number of rotatable bonds is 3. The first-order valence-electron chi connectivity index (χ1n) is 5.50. The van der Waals surface area contributed by atoms with Gasteiger partial charge in [-0.3, -0.25) is 0 Å². The van der Waals surface area contributed by atoms with Crippen molar-refractivity contribution < 1.29 is 14.2 Å². The first-order chi connectivity index (χ1) is 9.04. The van der Waals surface area contributed by atoms with Gasteiger partial charge in [-0.05, 0) is 30.3 Å². The van der Waals surface area contributed by atoms with Crippen molar-refractivity contribution in [2.75, 3.05) is 7.11 Å². The third-order valence-corrected chi connectivity index (χ3v) is 3.69. The van der Waals surface area contributed by atoms with Crippen LogP contribution in [0.15, 0.2) is 40.9 Å². The Labute approximate surface area is 123 Å². The van der Waals surface area contributed by atoms with Crippen LogP contribution in [0.4, 0.5) is 4.39 Å². The molecule has 1 unspecified atom stereocenters. The van der Waals surface area contributed by atoms with Crippen LogP contribution < -0.4 is 4.74 Å². The summed E-state index contributed by atoms with van der Waals surface area (Å²) in [6.07, 6.45) is -1.16. The lowest BCUT2D eigenvalue weighted by molar-refractivity contribution is 0.209. The molecule has 0 aromatic heterocycles. The Kier molecular flexibility index (Phi) is 4.45. The maximum Gasteiger partial charge on any atom is 0.130 e. The number of hydrogen-bond donors (Lipinski definition) is 1. The summed E-state index contributed by atoms with van der Waals surface area (Å²) in [6.45, 7) is 0. The largest absolute Gasteiger partial charge is 0.496 e. The Morgan fingerprint density at radius 1 is 1.32 bits per heavy atom. The van der Waals surface area contributed by atoms with Crippen molar-refractivity contribution in [3.8, 4) is 5.75 Å². The van der Waals surface area contributed by atoms with Crippen LogP contribution in [0, 0.1) is 5.82 Å². The predicted octanol–water partition coefficient (Wildman–Crippen LogP) is 4.33. The van der Waals surface area contributed by atoms with Crippen LogP contribution >= 0.6 is 27.5 Å². The van der Waals surface area contributed by atoms with Crippen molar-refractivity contribution >= 4 is 27.5 Å². The molecule has 0 saturated heterocycles. The van der Waals surface area contributed by atoms with Crippen molar-refractivity contribution in [2.45, 2.75) is 6.10 Å². The third kappa shape index (κ3) is 2.91. The zero-order valence-electron chi connectivity index (χ0n) is 10.0. The molecule has 0 aliphatic rings. The van der Waals surface area contributed by atoms with Gasteiger partial charge in [0.15, 0.2) is 0 Å². The number of methoxy groups -OCH3 is 1. The number of benzene rings is 2. The van der Waals surface area contributed by atoms with Crippen molar-refractivity contribution in [2.24, 2.45) is 0 Å². The van der Waals surface area contributed by atoms with Crippen LogP contribution in [0.1, 0.15) is 17.2 Å². The zero-order valence-corrected chi connectivity index (χ0v) is 12.4. The molecule has 1 atom stereocenters. The van der Waals surface area contributed by atoms with Gasteiger partial charge in [-0.1, -0.05) is 33.6 Å². The fourth-order valence-electron chi connectivity index (χ4n) is 1.85. The first-order valence-corrected chi connectivity index (χ1v) is 6.67. The van der Waals surface area contributed by atoms with Crippen LogP contribution in [0.25, 0.3) is 0 Å². The molecule has 0 saturated carbocycles. The second-order valence-electron chi connectivity index (χ2n) is 3.92. The molecule has 19 heavy (non-hydrogen) atoms. The minimum absolute atomic E-state index is 0.156. The Balaban J connectivity index is 2.55. The lowest BCUT2D eigenvalue weighted by atomic mass is 10.00. The Morgan fingerprint density at radius 3 is 2.68 bits per heavy atom. The van der Waals surface area contributed by atoms with Crippen LogP contribution in [0.3, 0.4) is 0 Å². The normalized spacial score (nSPS) is 12.3. The zero-order chi connectivity index (χ0) is 14.0. The first kappa shape index (κ1) is 14.3. The van der Waals surface area contributed by atoms with E-state index in [-0.39, 0.29) is 5.56 Å². The van der Waals surface area contributed by atoms with Gasteiger partial charge in [0.1, 0.15) is 17.7 Å². The number of halogens is 3. The van der Waals surface area contributed by atoms with Gasteiger partial charge in [-0.25, -0.2) is 4.39 Å². The fraction of sp³-hybridized carbons (Fsp3) is 0.143. The van der Waals surface area contributed by atoms with Crippen molar-refractivity contribution in [3.05, 3.63) is 62.8 Å². The Morgan fingerprint density at radius 2 is 2.05 bits per heavy atom. The highest BCUT2D eigenvalue weighted by Gasteiger charge is 2.21. The van der Waals surface area contributed by atoms with E-state index in [9.17, 15) is 9.50 Å². The highest BCUT2D eigenvalue weighted by Crippen LogP contribution is 2.36. The molecule has 0 bridgehead atoms. The average Bonchev–Trinajstić information content (AvgIpc) is 2.38. The SMILES string of the molecule is COc1ccc(Cl)cc1C(O)c1c(F)cccc1Br. The summed E-state index contributed by atoms with van der Waals surface area (Å²) in [4.78, 5) is 0. The van der Waals surface area contributed by atoms with E-state index in [2.05, 4.69) is 15.9 Å². The molecule has 0 spiro atoms.